The molecule has 0 spiro atoms. The third-order valence-electron chi connectivity index (χ3n) is 14.2. The van der Waals surface area contributed by atoms with E-state index in [1.165, 1.54) is 39.0 Å². The van der Waals surface area contributed by atoms with Crippen molar-refractivity contribution in [2.24, 2.45) is 28.7 Å². The maximum Gasteiger partial charge on any atom is 0.326 e. The van der Waals surface area contributed by atoms with Crippen LogP contribution < -0.4 is 49.9 Å². The number of primary amides is 4. The van der Waals surface area contributed by atoms with E-state index < -0.39 is 138 Å². The van der Waals surface area contributed by atoms with Crippen LogP contribution in [0.1, 0.15) is 108 Å². The van der Waals surface area contributed by atoms with Gasteiger partial charge in [0, 0.05) is 58.3 Å². The summed E-state index contributed by atoms with van der Waals surface area (Å²) in [5.74, 6) is -10.7. The van der Waals surface area contributed by atoms with Gasteiger partial charge >= 0.3 is 5.97 Å². The first-order valence-electron chi connectivity index (χ1n) is 25.8. The Kier molecular flexibility index (Phi) is 21.6. The van der Waals surface area contributed by atoms with Gasteiger partial charge in [0.25, 0.3) is 0 Å². The molecule has 77 heavy (non-hydrogen) atoms. The van der Waals surface area contributed by atoms with Gasteiger partial charge in [-0.15, -0.1) is 0 Å². The van der Waals surface area contributed by atoms with Crippen molar-refractivity contribution in [3.05, 3.63) is 29.8 Å². The fourth-order valence-corrected chi connectivity index (χ4v) is 10.2. The average molecular weight is 1080 g/mol. The zero-order chi connectivity index (χ0) is 56.7. The van der Waals surface area contributed by atoms with Crippen LogP contribution in [0.5, 0.6) is 5.75 Å². The summed E-state index contributed by atoms with van der Waals surface area (Å²) in [5, 5.41) is 30.2. The van der Waals surface area contributed by atoms with Gasteiger partial charge in [-0.2, -0.15) is 0 Å². The van der Waals surface area contributed by atoms with Crippen LogP contribution >= 0.6 is 0 Å². The van der Waals surface area contributed by atoms with Crippen molar-refractivity contribution in [1.82, 2.24) is 40.9 Å². The lowest BCUT2D eigenvalue weighted by atomic mass is 10.0. The predicted molar refractivity (Wildman–Crippen MR) is 268 cm³/mol. The van der Waals surface area contributed by atoms with Crippen LogP contribution in [0.4, 0.5) is 0 Å². The van der Waals surface area contributed by atoms with Crippen LogP contribution in [0, 0.1) is 0 Å². The van der Waals surface area contributed by atoms with Crippen LogP contribution in [0.25, 0.3) is 0 Å². The second-order valence-electron chi connectivity index (χ2n) is 19.8. The van der Waals surface area contributed by atoms with Gasteiger partial charge in [0.05, 0.1) is 6.04 Å². The summed E-state index contributed by atoms with van der Waals surface area (Å²) >= 11 is 0. The number of likely N-dealkylation sites (tertiary alicyclic amines) is 4. The van der Waals surface area contributed by atoms with Crippen LogP contribution in [0.15, 0.2) is 24.3 Å². The highest BCUT2D eigenvalue weighted by Gasteiger charge is 2.45. The molecule has 12 amide bonds. The van der Waals surface area contributed by atoms with Gasteiger partial charge in [0.1, 0.15) is 54.1 Å². The second kappa shape index (κ2) is 27.8. The lowest BCUT2D eigenvalue weighted by molar-refractivity contribution is -0.149. The zero-order valence-electron chi connectivity index (χ0n) is 42.7. The molecule has 28 nitrogen and oxygen atoms in total. The molecule has 4 fully saturated rings. The highest BCUT2D eigenvalue weighted by atomic mass is 16.4. The van der Waals surface area contributed by atoms with E-state index in [1.807, 2.05) is 0 Å². The molecule has 0 aliphatic carbocycles. The Labute approximate surface area is 443 Å². The fourth-order valence-electron chi connectivity index (χ4n) is 10.2. The van der Waals surface area contributed by atoms with Crippen LogP contribution in [0.3, 0.4) is 0 Å². The minimum Gasteiger partial charge on any atom is -0.508 e. The first-order valence-corrected chi connectivity index (χ1v) is 25.8. The number of phenolic OH excluding ortho intramolecular Hbond substituents is 1. The molecular formula is C49H71N13O15. The second-order valence-corrected chi connectivity index (χ2v) is 19.8. The Bertz CT molecular complexity index is 2420. The van der Waals surface area contributed by atoms with Crippen LogP contribution in [0.2, 0.25) is 0 Å². The van der Waals surface area contributed by atoms with Gasteiger partial charge in [-0.1, -0.05) is 12.1 Å². The van der Waals surface area contributed by atoms with Crippen molar-refractivity contribution < 1.29 is 72.5 Å². The number of hydrogen-bond acceptors (Lipinski definition) is 15. The smallest absolute Gasteiger partial charge is 0.326 e. The molecule has 0 aromatic heterocycles. The monoisotopic (exact) mass is 1080 g/mol. The molecule has 9 atom stereocenters. The number of phenols is 1. The molecule has 0 saturated carbocycles. The highest BCUT2D eigenvalue weighted by Crippen LogP contribution is 2.26. The number of benzene rings is 1. The van der Waals surface area contributed by atoms with E-state index in [1.54, 1.807) is 0 Å². The maximum atomic E-state index is 14.8. The topological polar surface area (TPSA) is 454 Å². The molecule has 5 rings (SSSR count). The molecule has 1 aromatic rings. The number of hydrogen-bond donors (Lipinski definition) is 11. The Hall–Kier alpha value is -7.91. The lowest BCUT2D eigenvalue weighted by Crippen LogP contribution is -2.60. The fraction of sp³-hybridized carbons (Fsp3) is 0.612. The standard InChI is InChI=1S/C49H71N13O15/c50-28(13-17-37(51)64)45(72)59-21-1-5-33(59)43(70)57-31(16-20-40(54)67)46(73)60-22-2-7-35(60)44(71)58-32(25-26-9-11-27(63)12-10-26)48(75)61-23-3-6-34(61)42(69)55-29(14-18-38(52)65)41(68)56-30(15-19-39(53)66)47(74)62-24-4-8-36(62)49(76)77/h9-12,28-36,63H,1-8,13-25,50H2,(H2,51,64)(H2,52,65)(H2,53,66)(H2,54,67)(H,55,69)(H,56,68)(H,57,70)(H,58,71)(H,76,77)/t28-,29-,30-,31-,32-,33-,34-,35-,36-/m0/s1. The molecule has 1 aromatic carbocycles. The molecule has 0 unspecified atom stereocenters. The van der Waals surface area contributed by atoms with Crippen molar-refractivity contribution in [2.45, 2.75) is 164 Å². The lowest BCUT2D eigenvalue weighted by Gasteiger charge is -2.33. The quantitative estimate of drug-likeness (QED) is 0.0394. The number of rotatable bonds is 27. The minimum absolute atomic E-state index is 0.0000984. The summed E-state index contributed by atoms with van der Waals surface area (Å²) < 4.78 is 0. The Morgan fingerprint density at radius 3 is 1.23 bits per heavy atom. The van der Waals surface area contributed by atoms with Crippen molar-refractivity contribution in [1.29, 1.82) is 0 Å². The normalized spacial score (nSPS) is 21.0. The summed E-state index contributed by atoms with van der Waals surface area (Å²) in [4.78, 5) is 176. The molecule has 4 heterocycles. The van der Waals surface area contributed by atoms with Crippen molar-refractivity contribution >= 4 is 76.9 Å². The molecule has 16 N–H and O–H groups in total. The number of aromatic hydroxyl groups is 1. The predicted octanol–water partition coefficient (Wildman–Crippen LogP) is -4.69. The molecule has 0 bridgehead atoms. The van der Waals surface area contributed by atoms with Gasteiger partial charge in [-0.3, -0.25) is 57.5 Å². The zero-order valence-corrected chi connectivity index (χ0v) is 42.7. The molecular weight excluding hydrogens is 1010 g/mol. The van der Waals surface area contributed by atoms with Gasteiger partial charge in [0.15, 0.2) is 0 Å². The number of amides is 12. The summed E-state index contributed by atoms with van der Waals surface area (Å²) in [5.41, 5.74) is 27.9. The third-order valence-corrected chi connectivity index (χ3v) is 14.2. The molecule has 4 aliphatic rings. The largest absolute Gasteiger partial charge is 0.508 e. The highest BCUT2D eigenvalue weighted by molar-refractivity contribution is 5.99. The number of nitrogens with one attached hydrogen (secondary N) is 4. The van der Waals surface area contributed by atoms with E-state index in [2.05, 4.69) is 21.3 Å². The number of carboxylic acids is 1. The average Bonchev–Trinajstić information content (AvgIpc) is 4.24. The number of carbonyl (C=O) groups is 13. The van der Waals surface area contributed by atoms with Gasteiger partial charge in [-0.25, -0.2) is 4.79 Å². The SMILES string of the molecule is NC(=O)CC[C@H](NC(=O)[C@@H]1CCCN1C(=O)[C@H](Cc1ccc(O)cc1)NC(=O)[C@@H]1CCCN1C(=O)[C@H](CCC(N)=O)NC(=O)[C@@H]1CCCN1C(=O)[C@@H](N)CCC(N)=O)C(=O)N[C@@H](CCC(N)=O)C(=O)N1CCC[C@H]1C(=O)O. The minimum atomic E-state index is -1.54. The Balaban J connectivity index is 1.34. The van der Waals surface area contributed by atoms with Crippen LogP contribution in [-0.4, -0.2) is 187 Å². The number of carbonyl (C=O) groups excluding carboxylic acids is 12. The van der Waals surface area contributed by atoms with Crippen molar-refractivity contribution in [3.63, 3.8) is 0 Å². The van der Waals surface area contributed by atoms with E-state index in [0.29, 0.717) is 24.8 Å². The van der Waals surface area contributed by atoms with E-state index in [0.717, 1.165) is 4.90 Å². The van der Waals surface area contributed by atoms with Crippen molar-refractivity contribution in [2.75, 3.05) is 26.2 Å². The first kappa shape index (κ1) is 60.0. The number of aliphatic carboxylic acids is 1. The van der Waals surface area contributed by atoms with E-state index in [9.17, 15) is 72.5 Å². The van der Waals surface area contributed by atoms with E-state index in [-0.39, 0.29) is 115 Å². The summed E-state index contributed by atoms with van der Waals surface area (Å²) in [6, 6.07) is -5.90. The molecule has 28 heteroatoms. The number of nitrogens with zero attached hydrogens (tertiary/aromatic N) is 4. The first-order chi connectivity index (χ1) is 36.5. The number of carboxylic acid groups (broad SMARTS) is 1. The Morgan fingerprint density at radius 2 is 0.805 bits per heavy atom. The van der Waals surface area contributed by atoms with Crippen molar-refractivity contribution in [3.8, 4) is 5.75 Å². The molecule has 4 aliphatic heterocycles. The summed E-state index contributed by atoms with van der Waals surface area (Å²) in [6.07, 6.45) is -0.582. The Morgan fingerprint density at radius 1 is 0.468 bits per heavy atom. The summed E-state index contributed by atoms with van der Waals surface area (Å²) in [6.45, 7) is 0.249. The van der Waals surface area contributed by atoms with Gasteiger partial charge < -0.3 is 79.7 Å². The van der Waals surface area contributed by atoms with E-state index in [4.69, 9.17) is 28.7 Å². The van der Waals surface area contributed by atoms with E-state index >= 15 is 0 Å². The van der Waals surface area contributed by atoms with Gasteiger partial charge in [0.2, 0.25) is 70.9 Å². The molecule has 4 saturated heterocycles. The maximum absolute atomic E-state index is 14.8. The molecule has 0 radical (unpaired) electrons. The van der Waals surface area contributed by atoms with Gasteiger partial charge in [-0.05, 0) is 94.7 Å². The number of nitrogens with two attached hydrogens (primary N) is 5. The third kappa shape index (κ3) is 16.5. The summed E-state index contributed by atoms with van der Waals surface area (Å²) in [7, 11) is 0. The molecule has 422 valence electrons. The van der Waals surface area contributed by atoms with Crippen LogP contribution in [-0.2, 0) is 68.7 Å².